The van der Waals surface area contributed by atoms with E-state index in [4.69, 9.17) is 14.2 Å². The van der Waals surface area contributed by atoms with E-state index >= 15 is 0 Å². The number of esters is 2. The highest BCUT2D eigenvalue weighted by Gasteiger charge is 2.24. The highest BCUT2D eigenvalue weighted by molar-refractivity contribution is 14.1. The van der Waals surface area contributed by atoms with Crippen LogP contribution in [-0.2, 0) is 14.3 Å². The Labute approximate surface area is 183 Å². The van der Waals surface area contributed by atoms with E-state index in [1.54, 1.807) is 24.3 Å². The zero-order chi connectivity index (χ0) is 20.3. The molecular weight excluding hydrogens is 541 g/mol. The number of hydrogen-bond donors (Lipinski definition) is 0. The monoisotopic (exact) mass is 555 g/mol. The smallest absolute Gasteiger partial charge is 0.363 e. The van der Waals surface area contributed by atoms with Crippen molar-refractivity contribution < 1.29 is 23.8 Å². The van der Waals surface area contributed by atoms with E-state index in [0.29, 0.717) is 29.2 Å². The van der Waals surface area contributed by atoms with Gasteiger partial charge < -0.3 is 14.2 Å². The molecule has 0 saturated carbocycles. The number of hydrogen-bond acceptors (Lipinski definition) is 6. The highest BCUT2D eigenvalue weighted by Crippen LogP contribution is 2.30. The van der Waals surface area contributed by atoms with Crippen LogP contribution in [0.3, 0.4) is 0 Å². The van der Waals surface area contributed by atoms with Gasteiger partial charge in [-0.15, -0.1) is 0 Å². The van der Waals surface area contributed by atoms with Crippen LogP contribution in [0, 0.1) is 3.57 Å². The van der Waals surface area contributed by atoms with Gasteiger partial charge in [0.1, 0.15) is 0 Å². The molecule has 6 nitrogen and oxygen atoms in total. The molecule has 3 rings (SSSR count). The summed E-state index contributed by atoms with van der Waals surface area (Å²) in [5, 5.41) is 0. The van der Waals surface area contributed by atoms with Crippen molar-refractivity contribution in [1.82, 2.24) is 0 Å². The quantitative estimate of drug-likeness (QED) is 0.231. The lowest BCUT2D eigenvalue weighted by Crippen LogP contribution is -2.05. The van der Waals surface area contributed by atoms with Gasteiger partial charge in [0.25, 0.3) is 0 Å². The first-order valence-corrected chi connectivity index (χ1v) is 10.2. The number of rotatable bonds is 5. The van der Waals surface area contributed by atoms with Gasteiger partial charge in [-0.3, -0.25) is 4.79 Å². The first kappa shape index (κ1) is 20.5. The maximum Gasteiger partial charge on any atom is 0.363 e. The van der Waals surface area contributed by atoms with E-state index in [-0.39, 0.29) is 11.6 Å². The zero-order valence-corrected chi connectivity index (χ0v) is 18.7. The molecule has 144 valence electrons. The topological polar surface area (TPSA) is 74.2 Å². The fourth-order valence-electron chi connectivity index (χ4n) is 2.44. The average Bonchev–Trinajstić information content (AvgIpc) is 3.00. The molecule has 0 spiro atoms. The molecule has 0 atom stereocenters. The Hall–Kier alpha value is -2.20. The third kappa shape index (κ3) is 4.79. The first-order valence-electron chi connectivity index (χ1n) is 8.30. The van der Waals surface area contributed by atoms with Crippen molar-refractivity contribution in [2.45, 2.75) is 13.8 Å². The van der Waals surface area contributed by atoms with Crippen molar-refractivity contribution in [2.24, 2.45) is 4.99 Å². The van der Waals surface area contributed by atoms with E-state index in [1.807, 2.05) is 25.1 Å². The maximum atomic E-state index is 12.2. The Morgan fingerprint density at radius 2 is 2.04 bits per heavy atom. The molecule has 1 aliphatic rings. The molecule has 0 bridgehead atoms. The van der Waals surface area contributed by atoms with Gasteiger partial charge >= 0.3 is 11.9 Å². The zero-order valence-electron chi connectivity index (χ0n) is 15.0. The molecule has 1 aliphatic heterocycles. The van der Waals surface area contributed by atoms with Crippen LogP contribution >= 0.6 is 38.5 Å². The Balaban J connectivity index is 1.92. The minimum absolute atomic E-state index is 0.173. The summed E-state index contributed by atoms with van der Waals surface area (Å²) >= 11 is 5.65. The van der Waals surface area contributed by atoms with E-state index in [2.05, 4.69) is 43.5 Å². The number of aliphatic imine (C=N–C) groups is 1. The lowest BCUT2D eigenvalue weighted by atomic mass is 10.1. The van der Waals surface area contributed by atoms with Crippen molar-refractivity contribution in [1.29, 1.82) is 0 Å². The van der Waals surface area contributed by atoms with Gasteiger partial charge in [0, 0.05) is 20.5 Å². The lowest BCUT2D eigenvalue weighted by Gasteiger charge is -2.10. The first-order chi connectivity index (χ1) is 13.4. The number of ether oxygens (including phenoxy) is 3. The molecule has 28 heavy (non-hydrogen) atoms. The molecule has 2 aromatic carbocycles. The van der Waals surface area contributed by atoms with Crippen molar-refractivity contribution in [2.75, 3.05) is 6.61 Å². The Bertz CT molecular complexity index is 1020. The van der Waals surface area contributed by atoms with Crippen LogP contribution in [0.2, 0.25) is 0 Å². The molecule has 0 amide bonds. The highest BCUT2D eigenvalue weighted by atomic mass is 127. The number of cyclic esters (lactones) is 1. The number of carbonyl (C=O) groups excluding carboxylic acids is 2. The summed E-state index contributed by atoms with van der Waals surface area (Å²) in [6.07, 6.45) is 1.59. The second kappa shape index (κ2) is 8.87. The van der Waals surface area contributed by atoms with Crippen molar-refractivity contribution in [3.63, 3.8) is 0 Å². The average molecular weight is 556 g/mol. The van der Waals surface area contributed by atoms with Gasteiger partial charge in [-0.1, -0.05) is 6.07 Å². The number of benzene rings is 2. The summed E-state index contributed by atoms with van der Waals surface area (Å²) < 4.78 is 17.9. The van der Waals surface area contributed by atoms with E-state index in [0.717, 1.165) is 8.04 Å². The van der Waals surface area contributed by atoms with Crippen molar-refractivity contribution >= 4 is 62.4 Å². The minimum Gasteiger partial charge on any atom is -0.490 e. The van der Waals surface area contributed by atoms with Gasteiger partial charge in [0.15, 0.2) is 17.2 Å². The standard InChI is InChI=1S/C20H15BrINO5/c1-3-26-18-9-12(4-7-17(18)27-11(2)24)8-16-20(25)28-19(23-16)13-5-6-15(22)14(21)10-13/h4-10H,3H2,1-2H3/b16-8-. The van der Waals surface area contributed by atoms with E-state index in [1.165, 1.54) is 6.92 Å². The fraction of sp³-hybridized carbons (Fsp3) is 0.150. The molecule has 0 unspecified atom stereocenters. The summed E-state index contributed by atoms with van der Waals surface area (Å²) in [6.45, 7) is 3.55. The molecule has 1 heterocycles. The predicted octanol–water partition coefficient (Wildman–Crippen LogP) is 4.72. The maximum absolute atomic E-state index is 12.2. The Morgan fingerprint density at radius 3 is 2.71 bits per heavy atom. The molecule has 0 radical (unpaired) electrons. The second-order valence-electron chi connectivity index (χ2n) is 5.70. The molecule has 0 fully saturated rings. The molecule has 0 saturated heterocycles. The van der Waals surface area contributed by atoms with E-state index in [9.17, 15) is 9.59 Å². The summed E-state index contributed by atoms with van der Waals surface area (Å²) in [7, 11) is 0. The van der Waals surface area contributed by atoms with Gasteiger partial charge in [-0.05, 0) is 87.4 Å². The molecule has 8 heteroatoms. The van der Waals surface area contributed by atoms with Crippen molar-refractivity contribution in [3.8, 4) is 11.5 Å². The van der Waals surface area contributed by atoms with Gasteiger partial charge in [-0.2, -0.15) is 0 Å². The second-order valence-corrected chi connectivity index (χ2v) is 7.71. The van der Waals surface area contributed by atoms with E-state index < -0.39 is 11.9 Å². The molecule has 0 aromatic heterocycles. The number of halogens is 2. The van der Waals surface area contributed by atoms with Gasteiger partial charge in [0.2, 0.25) is 5.90 Å². The molecule has 2 aromatic rings. The van der Waals surface area contributed by atoms with Crippen LogP contribution in [0.1, 0.15) is 25.0 Å². The van der Waals surface area contributed by atoms with Crippen molar-refractivity contribution in [3.05, 3.63) is 61.3 Å². The summed E-state index contributed by atoms with van der Waals surface area (Å²) in [5.41, 5.74) is 1.54. The minimum atomic E-state index is -0.535. The summed E-state index contributed by atoms with van der Waals surface area (Å²) in [4.78, 5) is 27.7. The number of nitrogens with zero attached hydrogens (tertiary/aromatic N) is 1. The Morgan fingerprint density at radius 1 is 1.25 bits per heavy atom. The molecule has 0 aliphatic carbocycles. The van der Waals surface area contributed by atoms with Crippen LogP contribution < -0.4 is 9.47 Å². The molecule has 0 N–H and O–H groups in total. The van der Waals surface area contributed by atoms with Crippen LogP contribution in [-0.4, -0.2) is 24.4 Å². The van der Waals surface area contributed by atoms with Crippen LogP contribution in [0.25, 0.3) is 6.08 Å². The van der Waals surface area contributed by atoms with Crippen LogP contribution in [0.4, 0.5) is 0 Å². The predicted molar refractivity (Wildman–Crippen MR) is 116 cm³/mol. The Kier molecular flexibility index (Phi) is 6.50. The third-order valence-electron chi connectivity index (χ3n) is 3.61. The third-order valence-corrected chi connectivity index (χ3v) is 5.95. The number of carbonyl (C=O) groups is 2. The summed E-state index contributed by atoms with van der Waals surface area (Å²) in [6, 6.07) is 10.6. The fourth-order valence-corrected chi connectivity index (χ4v) is 3.16. The van der Waals surface area contributed by atoms with Crippen LogP contribution in [0.5, 0.6) is 11.5 Å². The lowest BCUT2D eigenvalue weighted by molar-refractivity contribution is -0.132. The largest absolute Gasteiger partial charge is 0.490 e. The SMILES string of the molecule is CCOc1cc(/C=C2\N=C(c3ccc(I)c(Br)c3)OC2=O)ccc1OC(C)=O. The molecular formula is C20H15BrINO5. The van der Waals surface area contributed by atoms with Gasteiger partial charge in [-0.25, -0.2) is 9.79 Å². The summed E-state index contributed by atoms with van der Waals surface area (Å²) in [5.74, 6) is -0.00595. The normalized spacial score (nSPS) is 14.6. The van der Waals surface area contributed by atoms with Gasteiger partial charge in [0.05, 0.1) is 6.61 Å². The van der Waals surface area contributed by atoms with Crippen LogP contribution in [0.15, 0.2) is 51.6 Å².